The molecule has 0 bridgehead atoms. The SMILES string of the molecule is Cc1nn(-c2nnc(N)nn2)c(C)c1Br. The van der Waals surface area contributed by atoms with Gasteiger partial charge in [0, 0.05) is 0 Å². The predicted molar refractivity (Wildman–Crippen MR) is 56.3 cm³/mol. The number of aryl methyl sites for hydroxylation is 1. The minimum Gasteiger partial charge on any atom is -0.365 e. The first kappa shape index (κ1) is 9.97. The Kier molecular flexibility index (Phi) is 2.35. The van der Waals surface area contributed by atoms with Crippen molar-refractivity contribution in [3.8, 4) is 5.95 Å². The summed E-state index contributed by atoms with van der Waals surface area (Å²) in [4.78, 5) is 0. The topological polar surface area (TPSA) is 95.4 Å². The first-order valence-electron chi connectivity index (χ1n) is 4.14. The van der Waals surface area contributed by atoms with Crippen LogP contribution in [0.4, 0.5) is 5.95 Å². The monoisotopic (exact) mass is 269 g/mol. The largest absolute Gasteiger partial charge is 0.365 e. The highest BCUT2D eigenvalue weighted by molar-refractivity contribution is 9.10. The maximum Gasteiger partial charge on any atom is 0.289 e. The highest BCUT2D eigenvalue weighted by Crippen LogP contribution is 2.20. The molecule has 0 saturated carbocycles. The van der Waals surface area contributed by atoms with E-state index in [0.717, 1.165) is 15.9 Å². The lowest BCUT2D eigenvalue weighted by molar-refractivity contribution is 0.714. The average Bonchev–Trinajstić information content (AvgIpc) is 2.47. The summed E-state index contributed by atoms with van der Waals surface area (Å²) in [6, 6.07) is 0. The molecule has 7 nitrogen and oxygen atoms in total. The molecule has 0 aliphatic carbocycles. The van der Waals surface area contributed by atoms with Crippen LogP contribution in [-0.2, 0) is 0 Å². The van der Waals surface area contributed by atoms with Gasteiger partial charge in [0.15, 0.2) is 0 Å². The molecule has 2 aromatic heterocycles. The van der Waals surface area contributed by atoms with Crippen LogP contribution in [0.3, 0.4) is 0 Å². The number of anilines is 1. The lowest BCUT2D eigenvalue weighted by Crippen LogP contribution is -2.09. The summed E-state index contributed by atoms with van der Waals surface area (Å²) in [5.41, 5.74) is 7.04. The summed E-state index contributed by atoms with van der Waals surface area (Å²) in [5.74, 6) is 0.342. The zero-order valence-electron chi connectivity index (χ0n) is 8.14. The van der Waals surface area contributed by atoms with E-state index in [1.165, 1.54) is 0 Å². The molecule has 0 aliphatic heterocycles. The number of aromatic nitrogens is 6. The van der Waals surface area contributed by atoms with E-state index in [0.29, 0.717) is 5.95 Å². The molecule has 0 saturated heterocycles. The van der Waals surface area contributed by atoms with Crippen LogP contribution in [0.15, 0.2) is 4.47 Å². The first-order chi connectivity index (χ1) is 7.09. The van der Waals surface area contributed by atoms with E-state index in [2.05, 4.69) is 41.4 Å². The van der Waals surface area contributed by atoms with Crippen molar-refractivity contribution in [2.24, 2.45) is 0 Å². The molecular weight excluding hydrogens is 262 g/mol. The number of nitrogens with two attached hydrogens (primary N) is 1. The van der Waals surface area contributed by atoms with Gasteiger partial charge in [0.2, 0.25) is 0 Å². The fourth-order valence-electron chi connectivity index (χ4n) is 1.14. The van der Waals surface area contributed by atoms with Gasteiger partial charge in [-0.1, -0.05) is 0 Å². The van der Waals surface area contributed by atoms with Gasteiger partial charge in [-0.15, -0.1) is 20.4 Å². The predicted octanol–water partition coefficient (Wildman–Crippen LogP) is 0.414. The maximum absolute atomic E-state index is 5.29. The van der Waals surface area contributed by atoms with Crippen LogP contribution in [0.1, 0.15) is 11.4 Å². The van der Waals surface area contributed by atoms with Gasteiger partial charge in [0.25, 0.3) is 11.9 Å². The Morgan fingerprint density at radius 1 is 1.13 bits per heavy atom. The molecule has 0 aliphatic rings. The van der Waals surface area contributed by atoms with Crippen molar-refractivity contribution in [1.82, 2.24) is 30.2 Å². The molecule has 2 rings (SSSR count). The third-order valence-electron chi connectivity index (χ3n) is 1.88. The Morgan fingerprint density at radius 2 is 1.73 bits per heavy atom. The summed E-state index contributed by atoms with van der Waals surface area (Å²) in [6.07, 6.45) is 0. The second-order valence-corrected chi connectivity index (χ2v) is 3.75. The van der Waals surface area contributed by atoms with Crippen molar-refractivity contribution >= 4 is 21.9 Å². The highest BCUT2D eigenvalue weighted by Gasteiger charge is 2.12. The van der Waals surface area contributed by atoms with Crippen molar-refractivity contribution in [3.05, 3.63) is 15.9 Å². The van der Waals surface area contributed by atoms with Crippen LogP contribution in [0, 0.1) is 13.8 Å². The highest BCUT2D eigenvalue weighted by atomic mass is 79.9. The number of hydrogen-bond acceptors (Lipinski definition) is 6. The van der Waals surface area contributed by atoms with Crippen molar-refractivity contribution in [2.75, 3.05) is 5.73 Å². The van der Waals surface area contributed by atoms with Crippen LogP contribution < -0.4 is 5.73 Å². The lowest BCUT2D eigenvalue weighted by Gasteiger charge is -1.99. The van der Waals surface area contributed by atoms with Gasteiger partial charge < -0.3 is 5.73 Å². The maximum atomic E-state index is 5.29. The smallest absolute Gasteiger partial charge is 0.289 e. The standard InChI is InChI=1S/C7H8BrN7/c1-3-5(8)4(2)15(14-3)7-12-10-6(9)11-13-7/h1-2H3,(H2,9,10,11). The Hall–Kier alpha value is -1.57. The zero-order valence-corrected chi connectivity index (χ0v) is 9.72. The molecule has 15 heavy (non-hydrogen) atoms. The number of nitrogens with zero attached hydrogens (tertiary/aromatic N) is 6. The number of halogens is 1. The average molecular weight is 270 g/mol. The van der Waals surface area contributed by atoms with Crippen LogP contribution in [0.25, 0.3) is 5.95 Å². The minimum absolute atomic E-state index is 0.0411. The molecule has 2 aromatic rings. The van der Waals surface area contributed by atoms with Gasteiger partial charge in [0.1, 0.15) is 0 Å². The Balaban J connectivity index is 2.54. The lowest BCUT2D eigenvalue weighted by atomic mass is 10.4. The molecule has 0 radical (unpaired) electrons. The molecule has 78 valence electrons. The second-order valence-electron chi connectivity index (χ2n) is 2.95. The van der Waals surface area contributed by atoms with Gasteiger partial charge >= 0.3 is 0 Å². The fraction of sp³-hybridized carbons (Fsp3) is 0.286. The van der Waals surface area contributed by atoms with Gasteiger partial charge in [-0.2, -0.15) is 9.78 Å². The zero-order chi connectivity index (χ0) is 11.0. The van der Waals surface area contributed by atoms with E-state index in [4.69, 9.17) is 5.73 Å². The number of rotatable bonds is 1. The molecule has 8 heteroatoms. The van der Waals surface area contributed by atoms with E-state index in [1.807, 2.05) is 13.8 Å². The minimum atomic E-state index is 0.0411. The van der Waals surface area contributed by atoms with Gasteiger partial charge in [-0.05, 0) is 29.8 Å². The molecule has 0 aromatic carbocycles. The molecule has 0 spiro atoms. The van der Waals surface area contributed by atoms with E-state index in [9.17, 15) is 0 Å². The van der Waals surface area contributed by atoms with E-state index < -0.39 is 0 Å². The fourth-order valence-corrected chi connectivity index (χ4v) is 1.38. The Labute approximate surface area is 93.8 Å². The summed E-state index contributed by atoms with van der Waals surface area (Å²) in [7, 11) is 0. The van der Waals surface area contributed by atoms with Crippen LogP contribution in [0.5, 0.6) is 0 Å². The summed E-state index contributed by atoms with van der Waals surface area (Å²) in [5, 5.41) is 19.1. The van der Waals surface area contributed by atoms with Crippen LogP contribution in [-0.4, -0.2) is 30.2 Å². The van der Waals surface area contributed by atoms with Crippen LogP contribution in [0.2, 0.25) is 0 Å². The van der Waals surface area contributed by atoms with Crippen molar-refractivity contribution in [3.63, 3.8) is 0 Å². The second kappa shape index (κ2) is 3.54. The first-order valence-corrected chi connectivity index (χ1v) is 4.94. The molecule has 0 atom stereocenters. The van der Waals surface area contributed by atoms with Gasteiger partial charge in [0.05, 0.1) is 15.9 Å². The van der Waals surface area contributed by atoms with Crippen LogP contribution >= 0.6 is 15.9 Å². The Morgan fingerprint density at radius 3 is 2.20 bits per heavy atom. The van der Waals surface area contributed by atoms with Crippen molar-refractivity contribution < 1.29 is 0 Å². The molecule has 0 unspecified atom stereocenters. The number of hydrogen-bond donors (Lipinski definition) is 1. The third-order valence-corrected chi connectivity index (χ3v) is 3.02. The molecule has 0 fully saturated rings. The quantitative estimate of drug-likeness (QED) is 0.806. The molecular formula is C7H8BrN7. The van der Waals surface area contributed by atoms with E-state index in [1.54, 1.807) is 4.68 Å². The molecule has 2 heterocycles. The molecule has 2 N–H and O–H groups in total. The summed E-state index contributed by atoms with van der Waals surface area (Å²) in [6.45, 7) is 3.77. The number of nitrogen functional groups attached to an aromatic ring is 1. The molecule has 0 amide bonds. The van der Waals surface area contributed by atoms with Crippen molar-refractivity contribution in [2.45, 2.75) is 13.8 Å². The Bertz CT molecular complexity index is 489. The summed E-state index contributed by atoms with van der Waals surface area (Å²) < 4.78 is 2.47. The van der Waals surface area contributed by atoms with E-state index >= 15 is 0 Å². The normalized spacial score (nSPS) is 10.6. The van der Waals surface area contributed by atoms with E-state index in [-0.39, 0.29) is 5.95 Å². The van der Waals surface area contributed by atoms with Gasteiger partial charge in [-0.3, -0.25) is 0 Å². The third kappa shape index (κ3) is 1.67. The van der Waals surface area contributed by atoms with Gasteiger partial charge in [-0.25, -0.2) is 0 Å². The summed E-state index contributed by atoms with van der Waals surface area (Å²) >= 11 is 3.41. The van der Waals surface area contributed by atoms with Crippen molar-refractivity contribution in [1.29, 1.82) is 0 Å².